The molecule has 3 heterocycles. The molecule has 0 radical (unpaired) electrons. The molecule has 2 aromatic heterocycles. The molecule has 0 bridgehead atoms. The van der Waals surface area contributed by atoms with E-state index in [1.807, 2.05) is 0 Å². The number of anilines is 2. The maximum absolute atomic E-state index is 12.8. The van der Waals surface area contributed by atoms with Gasteiger partial charge in [0.25, 0.3) is 0 Å². The maximum atomic E-state index is 12.8. The Kier molecular flexibility index (Phi) is 4.47. The first kappa shape index (κ1) is 17.0. The lowest BCUT2D eigenvalue weighted by Gasteiger charge is -2.35. The van der Waals surface area contributed by atoms with Gasteiger partial charge in [-0.3, -0.25) is 4.79 Å². The van der Waals surface area contributed by atoms with Gasteiger partial charge in [-0.15, -0.1) is 0 Å². The minimum atomic E-state index is -4.45. The van der Waals surface area contributed by atoms with Crippen LogP contribution in [0.3, 0.4) is 0 Å². The van der Waals surface area contributed by atoms with Gasteiger partial charge in [0, 0.05) is 31.5 Å². The number of pyridine rings is 2. The molecule has 0 atom stereocenters. The third-order valence-corrected chi connectivity index (χ3v) is 3.86. The second-order valence-electron chi connectivity index (χ2n) is 5.42. The third kappa shape index (κ3) is 3.65. The van der Waals surface area contributed by atoms with E-state index >= 15 is 0 Å². The fourth-order valence-electron chi connectivity index (χ4n) is 2.59. The van der Waals surface area contributed by atoms with E-state index in [0.717, 1.165) is 18.3 Å². The number of halogens is 3. The Morgan fingerprint density at radius 2 is 1.88 bits per heavy atom. The molecule has 1 aliphatic rings. The molecule has 0 N–H and O–H groups in total. The second-order valence-corrected chi connectivity index (χ2v) is 5.42. The molecule has 1 saturated heterocycles. The molecule has 25 heavy (non-hydrogen) atoms. The summed E-state index contributed by atoms with van der Waals surface area (Å²) in [5.74, 6) is 0.279. The van der Waals surface area contributed by atoms with Gasteiger partial charge in [-0.05, 0) is 18.2 Å². The summed E-state index contributed by atoms with van der Waals surface area (Å²) in [5, 5.41) is 0. The van der Waals surface area contributed by atoms with Crippen LogP contribution in [0.4, 0.5) is 24.7 Å². The van der Waals surface area contributed by atoms with Gasteiger partial charge in [-0.1, -0.05) is 0 Å². The van der Waals surface area contributed by atoms with Crippen LogP contribution in [0.1, 0.15) is 5.56 Å². The monoisotopic (exact) mass is 352 g/mol. The number of hydrogen-bond donors (Lipinski definition) is 0. The molecular weight excluding hydrogens is 337 g/mol. The summed E-state index contributed by atoms with van der Waals surface area (Å²) in [7, 11) is 1.48. The third-order valence-electron chi connectivity index (χ3n) is 3.86. The Morgan fingerprint density at radius 1 is 1.12 bits per heavy atom. The zero-order chi connectivity index (χ0) is 18.0. The first-order valence-corrected chi connectivity index (χ1v) is 7.47. The summed E-state index contributed by atoms with van der Waals surface area (Å²) in [5.41, 5.74) is -0.153. The molecule has 9 heteroatoms. The van der Waals surface area contributed by atoms with E-state index < -0.39 is 11.7 Å². The Labute approximate surface area is 141 Å². The average Bonchev–Trinajstić information content (AvgIpc) is 2.61. The van der Waals surface area contributed by atoms with Crippen LogP contribution in [-0.4, -0.2) is 42.6 Å². The van der Waals surface area contributed by atoms with Crippen LogP contribution >= 0.6 is 0 Å². The summed E-state index contributed by atoms with van der Waals surface area (Å²) in [4.78, 5) is 23.5. The molecular formula is C16H15F3N4O2. The number of carbonyl (C=O) groups is 1. The lowest BCUT2D eigenvalue weighted by Crippen LogP contribution is -2.51. The van der Waals surface area contributed by atoms with Gasteiger partial charge in [0.1, 0.15) is 5.82 Å². The molecule has 1 amide bonds. The fourth-order valence-corrected chi connectivity index (χ4v) is 2.59. The number of hydrogen-bond acceptors (Lipinski definition) is 5. The van der Waals surface area contributed by atoms with Gasteiger partial charge in [-0.25, -0.2) is 9.97 Å². The average molecular weight is 352 g/mol. The van der Waals surface area contributed by atoms with E-state index in [-0.39, 0.29) is 18.3 Å². The zero-order valence-electron chi connectivity index (χ0n) is 13.3. The van der Waals surface area contributed by atoms with Crippen molar-refractivity contribution >= 4 is 17.4 Å². The SMILES string of the molecule is COc1cc(N2CCN(c3cc(C(F)(F)F)ccn3)CC2=O)ccn1. The predicted molar refractivity (Wildman–Crippen MR) is 84.6 cm³/mol. The van der Waals surface area contributed by atoms with Gasteiger partial charge in [0.05, 0.1) is 24.9 Å². The Hall–Kier alpha value is -2.84. The highest BCUT2D eigenvalue weighted by molar-refractivity contribution is 5.97. The van der Waals surface area contributed by atoms with Gasteiger partial charge in [0.15, 0.2) is 0 Å². The van der Waals surface area contributed by atoms with Crippen LogP contribution in [0.15, 0.2) is 36.7 Å². The number of carbonyl (C=O) groups excluding carboxylic acids is 1. The predicted octanol–water partition coefficient (Wildman–Crippen LogP) is 2.36. The summed E-state index contributed by atoms with van der Waals surface area (Å²) >= 11 is 0. The van der Waals surface area contributed by atoms with Crippen LogP contribution in [0, 0.1) is 0 Å². The molecule has 0 saturated carbocycles. The number of piperazine rings is 1. The number of ether oxygens (including phenoxy) is 1. The van der Waals surface area contributed by atoms with Crippen molar-refractivity contribution in [3.8, 4) is 5.88 Å². The van der Waals surface area contributed by atoms with E-state index in [2.05, 4.69) is 9.97 Å². The second kappa shape index (κ2) is 6.58. The van der Waals surface area contributed by atoms with E-state index in [4.69, 9.17) is 4.74 Å². The number of alkyl halides is 3. The minimum Gasteiger partial charge on any atom is -0.481 e. The highest BCUT2D eigenvalue weighted by Crippen LogP contribution is 2.31. The highest BCUT2D eigenvalue weighted by atomic mass is 19.4. The van der Waals surface area contributed by atoms with Crippen LogP contribution in [0.25, 0.3) is 0 Å². The molecule has 0 aromatic carbocycles. The van der Waals surface area contributed by atoms with E-state index in [0.29, 0.717) is 24.7 Å². The Morgan fingerprint density at radius 3 is 2.56 bits per heavy atom. The van der Waals surface area contributed by atoms with Crippen molar-refractivity contribution in [2.45, 2.75) is 6.18 Å². The molecule has 6 nitrogen and oxygen atoms in total. The quantitative estimate of drug-likeness (QED) is 0.849. The fraction of sp³-hybridized carbons (Fsp3) is 0.312. The normalized spacial score (nSPS) is 15.4. The number of amides is 1. The van der Waals surface area contributed by atoms with Crippen LogP contribution in [0.2, 0.25) is 0 Å². The molecule has 1 aliphatic heterocycles. The molecule has 1 fully saturated rings. The molecule has 0 unspecified atom stereocenters. The number of aromatic nitrogens is 2. The van der Waals surface area contributed by atoms with Gasteiger partial charge < -0.3 is 14.5 Å². The van der Waals surface area contributed by atoms with Crippen molar-refractivity contribution in [2.24, 2.45) is 0 Å². The van der Waals surface area contributed by atoms with Crippen LogP contribution in [-0.2, 0) is 11.0 Å². The summed E-state index contributed by atoms with van der Waals surface area (Å²) in [6.45, 7) is 0.633. The van der Waals surface area contributed by atoms with Gasteiger partial charge in [-0.2, -0.15) is 13.2 Å². The Bertz CT molecular complexity index is 782. The number of methoxy groups -OCH3 is 1. The Balaban J connectivity index is 1.77. The lowest BCUT2D eigenvalue weighted by atomic mass is 10.2. The number of nitrogens with zero attached hydrogens (tertiary/aromatic N) is 4. The molecule has 0 aliphatic carbocycles. The van der Waals surface area contributed by atoms with Crippen molar-refractivity contribution in [3.05, 3.63) is 42.2 Å². The van der Waals surface area contributed by atoms with Crippen molar-refractivity contribution < 1.29 is 22.7 Å². The smallest absolute Gasteiger partial charge is 0.416 e. The number of rotatable bonds is 3. The first-order valence-electron chi connectivity index (χ1n) is 7.47. The minimum absolute atomic E-state index is 0.0566. The van der Waals surface area contributed by atoms with Crippen molar-refractivity contribution in [3.63, 3.8) is 0 Å². The largest absolute Gasteiger partial charge is 0.481 e. The molecule has 0 spiro atoms. The first-order chi connectivity index (χ1) is 11.9. The molecule has 3 rings (SSSR count). The van der Waals surface area contributed by atoms with Crippen molar-refractivity contribution in [2.75, 3.05) is 36.5 Å². The summed E-state index contributed by atoms with van der Waals surface area (Å²) < 4.78 is 43.5. The molecule has 132 valence electrons. The van der Waals surface area contributed by atoms with Gasteiger partial charge >= 0.3 is 6.18 Å². The van der Waals surface area contributed by atoms with Gasteiger partial charge in [0.2, 0.25) is 11.8 Å². The van der Waals surface area contributed by atoms with E-state index in [9.17, 15) is 18.0 Å². The zero-order valence-corrected chi connectivity index (χ0v) is 13.3. The summed E-state index contributed by atoms with van der Waals surface area (Å²) in [6, 6.07) is 5.18. The van der Waals surface area contributed by atoms with E-state index in [1.54, 1.807) is 17.0 Å². The van der Waals surface area contributed by atoms with Crippen molar-refractivity contribution in [1.82, 2.24) is 9.97 Å². The van der Waals surface area contributed by atoms with E-state index in [1.165, 1.54) is 18.2 Å². The highest BCUT2D eigenvalue weighted by Gasteiger charge is 2.32. The molecule has 2 aromatic rings. The topological polar surface area (TPSA) is 58.6 Å². The summed E-state index contributed by atoms with van der Waals surface area (Å²) in [6.07, 6.45) is -1.82. The van der Waals surface area contributed by atoms with Crippen LogP contribution < -0.4 is 14.5 Å². The maximum Gasteiger partial charge on any atom is 0.416 e. The van der Waals surface area contributed by atoms with Crippen LogP contribution in [0.5, 0.6) is 5.88 Å². The lowest BCUT2D eigenvalue weighted by molar-refractivity contribution is -0.137. The van der Waals surface area contributed by atoms with Crippen molar-refractivity contribution in [1.29, 1.82) is 0 Å². The standard InChI is InChI=1S/C16H15F3N4O2/c1-25-14-9-12(3-5-21-14)23-7-6-22(10-15(23)24)13-8-11(2-4-20-13)16(17,18)19/h2-5,8-9H,6-7,10H2,1H3.